The van der Waals surface area contributed by atoms with E-state index in [4.69, 9.17) is 4.42 Å². The average Bonchev–Trinajstić information content (AvgIpc) is 2.90. The molecule has 0 spiro atoms. The normalized spacial score (nSPS) is 13.9. The van der Waals surface area contributed by atoms with E-state index in [2.05, 4.69) is 11.6 Å². The molecule has 0 saturated carbocycles. The van der Waals surface area contributed by atoms with Gasteiger partial charge in [-0.05, 0) is 24.3 Å². The van der Waals surface area contributed by atoms with E-state index in [9.17, 15) is 4.79 Å². The van der Waals surface area contributed by atoms with Crippen LogP contribution < -0.4 is 16.1 Å². The summed E-state index contributed by atoms with van der Waals surface area (Å²) >= 11 is 0. The smallest absolute Gasteiger partial charge is 0.346 e. The van der Waals surface area contributed by atoms with Crippen molar-refractivity contribution in [2.45, 2.75) is 6.92 Å². The summed E-state index contributed by atoms with van der Waals surface area (Å²) in [4.78, 5) is 15.9. The Bertz CT molecular complexity index is 1310. The third-order valence-electron chi connectivity index (χ3n) is 4.21. The molecule has 112 valence electrons. The molecule has 2 aromatic heterocycles. The summed E-state index contributed by atoms with van der Waals surface area (Å²) in [5.74, 6) is 0. The van der Waals surface area contributed by atoms with Crippen LogP contribution in [-0.2, 0) is 0 Å². The number of aromatic nitrogens is 1. The molecule has 0 saturated heterocycles. The third kappa shape index (κ3) is 1.94. The van der Waals surface area contributed by atoms with Gasteiger partial charge in [0.1, 0.15) is 5.58 Å². The number of nitrogens with one attached hydrogen (secondary N) is 1. The Labute approximate surface area is 131 Å². The van der Waals surface area contributed by atoms with Gasteiger partial charge in [-0.1, -0.05) is 49.1 Å². The fourth-order valence-corrected chi connectivity index (χ4v) is 3.12. The summed E-state index contributed by atoms with van der Waals surface area (Å²) < 4.78 is 5.52. The van der Waals surface area contributed by atoms with Crippen LogP contribution >= 0.6 is 0 Å². The first kappa shape index (κ1) is 13.6. The van der Waals surface area contributed by atoms with E-state index in [0.29, 0.717) is 10.8 Å². The molecule has 0 atom stereocenters. The fraction of sp³-hybridized carbons (Fsp3) is 0.0500. The molecule has 1 N–H and O–H groups in total. The Kier molecular flexibility index (Phi) is 2.95. The van der Waals surface area contributed by atoms with Gasteiger partial charge in [0, 0.05) is 21.5 Å². The maximum atomic E-state index is 12.6. The lowest BCUT2D eigenvalue weighted by Crippen LogP contribution is -2.19. The Hall–Kier alpha value is -3.07. The van der Waals surface area contributed by atoms with Gasteiger partial charge < -0.3 is 9.40 Å². The van der Waals surface area contributed by atoms with Crippen LogP contribution in [0.2, 0.25) is 0 Å². The van der Waals surface area contributed by atoms with E-state index in [0.717, 1.165) is 32.1 Å². The Morgan fingerprint density at radius 1 is 1.04 bits per heavy atom. The molecule has 3 heteroatoms. The van der Waals surface area contributed by atoms with Gasteiger partial charge in [-0.3, -0.25) is 0 Å². The molecule has 4 rings (SSSR count). The standard InChI is InChI=1S/C20H15NO2/c1-3-13-15-9-5-7-11-17(15)23-20(22)18(13)19-12(2)14-8-4-6-10-16(14)21-19/h3-11,21H,2H2,1H3/b13-3-,19-18-. The van der Waals surface area contributed by atoms with Crippen molar-refractivity contribution in [2.75, 3.05) is 0 Å². The molecular formula is C20H15NO2. The second kappa shape index (κ2) is 4.99. The van der Waals surface area contributed by atoms with E-state index >= 15 is 0 Å². The third-order valence-corrected chi connectivity index (χ3v) is 4.21. The van der Waals surface area contributed by atoms with Crippen molar-refractivity contribution in [3.8, 4) is 0 Å². The predicted octanol–water partition coefficient (Wildman–Crippen LogP) is 2.77. The minimum Gasteiger partial charge on any atom is -0.422 e. The zero-order chi connectivity index (χ0) is 16.0. The number of fused-ring (bicyclic) bond motifs is 2. The lowest BCUT2D eigenvalue weighted by atomic mass is 10.1. The number of rotatable bonds is 0. The Balaban J connectivity index is 2.45. The summed E-state index contributed by atoms with van der Waals surface area (Å²) in [6, 6.07) is 15.5. The molecule has 0 aliphatic heterocycles. The molecule has 2 aromatic carbocycles. The topological polar surface area (TPSA) is 46.0 Å². The molecule has 0 aliphatic carbocycles. The van der Waals surface area contributed by atoms with Gasteiger partial charge in [0.05, 0.1) is 10.6 Å². The highest BCUT2D eigenvalue weighted by molar-refractivity contribution is 5.81. The summed E-state index contributed by atoms with van der Waals surface area (Å²) in [5.41, 5.74) is 1.20. The molecule has 3 nitrogen and oxygen atoms in total. The lowest BCUT2D eigenvalue weighted by molar-refractivity contribution is 0.554. The highest BCUT2D eigenvalue weighted by atomic mass is 16.4. The van der Waals surface area contributed by atoms with Crippen molar-refractivity contribution in [2.24, 2.45) is 0 Å². The second-order valence-electron chi connectivity index (χ2n) is 5.49. The summed E-state index contributed by atoms with van der Waals surface area (Å²) in [5, 5.41) is 4.87. The maximum Gasteiger partial charge on any atom is 0.346 e. The molecule has 0 radical (unpaired) electrons. The van der Waals surface area contributed by atoms with E-state index in [1.807, 2.05) is 61.5 Å². The maximum absolute atomic E-state index is 12.6. The van der Waals surface area contributed by atoms with Crippen LogP contribution in [0.5, 0.6) is 0 Å². The van der Waals surface area contributed by atoms with Crippen molar-refractivity contribution in [1.29, 1.82) is 0 Å². The molecule has 0 unspecified atom stereocenters. The molecule has 0 aliphatic rings. The number of hydrogen-bond donors (Lipinski definition) is 1. The van der Waals surface area contributed by atoms with Crippen molar-refractivity contribution in [1.82, 2.24) is 4.98 Å². The fourth-order valence-electron chi connectivity index (χ4n) is 3.12. The Morgan fingerprint density at radius 3 is 2.48 bits per heavy atom. The quantitative estimate of drug-likeness (QED) is 0.508. The van der Waals surface area contributed by atoms with E-state index in [-0.39, 0.29) is 5.63 Å². The summed E-state index contributed by atoms with van der Waals surface area (Å²) in [6.45, 7) is 6.08. The zero-order valence-electron chi connectivity index (χ0n) is 12.7. The van der Waals surface area contributed by atoms with Crippen LogP contribution in [0.1, 0.15) is 6.92 Å². The highest BCUT2D eigenvalue weighted by Crippen LogP contribution is 2.09. The van der Waals surface area contributed by atoms with E-state index < -0.39 is 0 Å². The summed E-state index contributed by atoms with van der Waals surface area (Å²) in [7, 11) is 0. The van der Waals surface area contributed by atoms with Gasteiger partial charge in [-0.15, -0.1) is 0 Å². The number of aromatic amines is 1. The van der Waals surface area contributed by atoms with Gasteiger partial charge >= 0.3 is 5.63 Å². The molecule has 0 bridgehead atoms. The number of hydrogen-bond acceptors (Lipinski definition) is 2. The molecule has 0 amide bonds. The zero-order valence-corrected chi connectivity index (χ0v) is 12.7. The first-order valence-corrected chi connectivity index (χ1v) is 7.49. The average molecular weight is 301 g/mol. The van der Waals surface area contributed by atoms with E-state index in [1.54, 1.807) is 0 Å². The molecule has 2 heterocycles. The monoisotopic (exact) mass is 301 g/mol. The number of H-pyrrole nitrogens is 1. The van der Waals surface area contributed by atoms with Crippen molar-refractivity contribution in [3.05, 3.63) is 80.0 Å². The molecule has 4 aromatic rings. The minimum atomic E-state index is -0.353. The van der Waals surface area contributed by atoms with Gasteiger partial charge in [-0.25, -0.2) is 4.79 Å². The predicted molar refractivity (Wildman–Crippen MR) is 93.4 cm³/mol. The minimum absolute atomic E-state index is 0.353. The molecule has 23 heavy (non-hydrogen) atoms. The van der Waals surface area contributed by atoms with Crippen molar-refractivity contribution < 1.29 is 4.42 Å². The van der Waals surface area contributed by atoms with Crippen molar-refractivity contribution >= 4 is 34.5 Å². The van der Waals surface area contributed by atoms with Gasteiger partial charge in [-0.2, -0.15) is 0 Å². The molecular weight excluding hydrogens is 286 g/mol. The van der Waals surface area contributed by atoms with Gasteiger partial charge in [0.25, 0.3) is 0 Å². The lowest BCUT2D eigenvalue weighted by Gasteiger charge is -1.97. The van der Waals surface area contributed by atoms with Gasteiger partial charge in [0.15, 0.2) is 0 Å². The largest absolute Gasteiger partial charge is 0.422 e. The number of para-hydroxylation sites is 2. The van der Waals surface area contributed by atoms with Crippen LogP contribution in [0, 0.1) is 10.6 Å². The number of benzene rings is 2. The van der Waals surface area contributed by atoms with Crippen molar-refractivity contribution in [3.63, 3.8) is 0 Å². The SMILES string of the molecule is C=c1/c(=c2/c(=O)oc3ccccc3/c2=C/C)[nH]c2ccccc12. The van der Waals surface area contributed by atoms with Gasteiger partial charge in [0.2, 0.25) is 0 Å². The van der Waals surface area contributed by atoms with Crippen LogP contribution in [0.25, 0.3) is 34.5 Å². The van der Waals surface area contributed by atoms with E-state index in [1.165, 1.54) is 0 Å². The first-order valence-electron chi connectivity index (χ1n) is 7.49. The molecule has 0 fully saturated rings. The van der Waals surface area contributed by atoms with Crippen LogP contribution in [-0.4, -0.2) is 4.98 Å². The second-order valence-corrected chi connectivity index (χ2v) is 5.49. The highest BCUT2D eigenvalue weighted by Gasteiger charge is 2.06. The van der Waals surface area contributed by atoms with Crippen LogP contribution in [0.3, 0.4) is 0 Å². The van der Waals surface area contributed by atoms with Crippen LogP contribution in [0.4, 0.5) is 0 Å². The summed E-state index contributed by atoms with van der Waals surface area (Å²) in [6.07, 6.45) is 1.94. The Morgan fingerprint density at radius 2 is 1.74 bits per heavy atom. The first-order chi connectivity index (χ1) is 11.2. The van der Waals surface area contributed by atoms with Crippen LogP contribution in [0.15, 0.2) is 57.7 Å².